The molecule has 0 spiro atoms. The summed E-state index contributed by atoms with van der Waals surface area (Å²) in [6, 6.07) is 19.1. The van der Waals surface area contributed by atoms with Gasteiger partial charge in [-0.3, -0.25) is 9.36 Å². The monoisotopic (exact) mass is 561 g/mol. The summed E-state index contributed by atoms with van der Waals surface area (Å²) in [6.45, 7) is 12.6. The fourth-order valence-corrected chi connectivity index (χ4v) is 6.00. The molecule has 0 fully saturated rings. The zero-order valence-electron chi connectivity index (χ0n) is 25.1. The van der Waals surface area contributed by atoms with Crippen LogP contribution in [0.1, 0.15) is 68.0 Å². The molecule has 216 valence electrons. The fourth-order valence-electron chi connectivity index (χ4n) is 6.00. The van der Waals surface area contributed by atoms with Crippen molar-refractivity contribution < 1.29 is 5.11 Å². The molecule has 0 radical (unpaired) electrons. The molecule has 2 aromatic carbocycles. The molecule has 0 unspecified atom stereocenters. The minimum atomic E-state index is 0.197. The van der Waals surface area contributed by atoms with Crippen LogP contribution in [0.15, 0.2) is 67.0 Å². The van der Waals surface area contributed by atoms with Gasteiger partial charge in [-0.1, -0.05) is 63.2 Å². The van der Waals surface area contributed by atoms with Gasteiger partial charge in [-0.05, 0) is 50.3 Å². The molecule has 0 saturated carbocycles. The van der Waals surface area contributed by atoms with Crippen molar-refractivity contribution in [3.05, 3.63) is 89.5 Å². The molecule has 0 aliphatic rings. The van der Waals surface area contributed by atoms with Crippen LogP contribution in [0.4, 0.5) is 0 Å². The molecule has 1 N–H and O–H groups in total. The van der Waals surface area contributed by atoms with Crippen LogP contribution in [-0.2, 0) is 13.1 Å². The van der Waals surface area contributed by atoms with E-state index in [9.17, 15) is 0 Å². The van der Waals surface area contributed by atoms with E-state index >= 15 is 0 Å². The Morgan fingerprint density at radius 1 is 0.857 bits per heavy atom. The molecule has 0 amide bonds. The Bertz CT molecular complexity index is 1840. The van der Waals surface area contributed by atoms with E-state index in [4.69, 9.17) is 20.3 Å². The molecule has 0 saturated heterocycles. The number of nitrogens with zero attached hydrogens (tertiary/aromatic N) is 7. The summed E-state index contributed by atoms with van der Waals surface area (Å²) >= 11 is 0. The van der Waals surface area contributed by atoms with Crippen LogP contribution in [0.5, 0.6) is 0 Å². The first kappa shape index (κ1) is 27.8. The number of pyridine rings is 1. The number of aryl methyl sites for hydroxylation is 2. The van der Waals surface area contributed by atoms with Crippen LogP contribution in [0.2, 0.25) is 0 Å². The molecular weight excluding hydrogens is 522 g/mol. The maximum absolute atomic E-state index is 9.14. The maximum atomic E-state index is 9.14. The quantitative estimate of drug-likeness (QED) is 0.183. The number of benzene rings is 2. The lowest BCUT2D eigenvalue weighted by atomic mass is 9.95. The Labute approximate surface area is 246 Å². The van der Waals surface area contributed by atoms with E-state index in [1.165, 1.54) is 11.1 Å². The minimum absolute atomic E-state index is 0.197. The number of fused-ring (bicyclic) bond motifs is 2. The van der Waals surface area contributed by atoms with Gasteiger partial charge in [0, 0.05) is 65.6 Å². The smallest absolute Gasteiger partial charge is 0.181 e. The summed E-state index contributed by atoms with van der Waals surface area (Å²) in [7, 11) is 0. The van der Waals surface area contributed by atoms with Crippen molar-refractivity contribution in [1.29, 1.82) is 0 Å². The van der Waals surface area contributed by atoms with Gasteiger partial charge in [-0.15, -0.1) is 0 Å². The van der Waals surface area contributed by atoms with Crippen molar-refractivity contribution in [2.45, 2.75) is 72.4 Å². The lowest BCUT2D eigenvalue weighted by Gasteiger charge is -2.11. The van der Waals surface area contributed by atoms with Crippen molar-refractivity contribution >= 4 is 21.9 Å². The van der Waals surface area contributed by atoms with E-state index in [0.717, 1.165) is 76.2 Å². The predicted molar refractivity (Wildman–Crippen MR) is 168 cm³/mol. The van der Waals surface area contributed by atoms with Crippen molar-refractivity contribution in [1.82, 2.24) is 34.3 Å². The lowest BCUT2D eigenvalue weighted by molar-refractivity contribution is 0.280. The molecule has 4 aromatic heterocycles. The van der Waals surface area contributed by atoms with Gasteiger partial charge in [-0.2, -0.15) is 15.3 Å². The molecule has 6 rings (SSSR count). The van der Waals surface area contributed by atoms with Gasteiger partial charge in [0.1, 0.15) is 0 Å². The Kier molecular flexibility index (Phi) is 7.64. The summed E-state index contributed by atoms with van der Waals surface area (Å²) in [6.07, 6.45) is 5.85. The number of unbranched alkanes of at least 4 members (excludes halogenated alkanes) is 1. The zero-order chi connectivity index (χ0) is 29.4. The van der Waals surface area contributed by atoms with Crippen molar-refractivity contribution in [2.24, 2.45) is 0 Å². The maximum Gasteiger partial charge on any atom is 0.181 e. The summed E-state index contributed by atoms with van der Waals surface area (Å²) in [5, 5.41) is 26.1. The number of aromatic nitrogens is 7. The largest absolute Gasteiger partial charge is 0.396 e. The molecule has 0 aliphatic carbocycles. The van der Waals surface area contributed by atoms with Gasteiger partial charge in [0.25, 0.3) is 0 Å². The highest BCUT2D eigenvalue weighted by Crippen LogP contribution is 2.37. The Hall–Kier alpha value is -4.30. The number of aliphatic hydroxyl groups is 1. The van der Waals surface area contributed by atoms with Gasteiger partial charge < -0.3 is 5.11 Å². The fraction of sp³-hybridized carbons (Fsp3) is 0.353. The van der Waals surface area contributed by atoms with Crippen LogP contribution < -0.4 is 0 Å². The van der Waals surface area contributed by atoms with E-state index in [0.29, 0.717) is 5.92 Å². The Morgan fingerprint density at radius 3 is 2.43 bits per heavy atom. The highest BCUT2D eigenvalue weighted by Gasteiger charge is 2.23. The number of rotatable bonds is 10. The predicted octanol–water partition coefficient (Wildman–Crippen LogP) is 6.95. The first-order valence-electron chi connectivity index (χ1n) is 14.9. The van der Waals surface area contributed by atoms with Crippen LogP contribution in [0.3, 0.4) is 0 Å². The van der Waals surface area contributed by atoms with Crippen LogP contribution >= 0.6 is 0 Å². The summed E-state index contributed by atoms with van der Waals surface area (Å²) in [5.74, 6) is 0.629. The van der Waals surface area contributed by atoms with Gasteiger partial charge in [0.2, 0.25) is 0 Å². The molecule has 42 heavy (non-hydrogen) atoms. The lowest BCUT2D eigenvalue weighted by Crippen LogP contribution is -2.06. The molecule has 4 heterocycles. The SMILES string of the molecule is Cc1nc2nn(CCCCO)cc2cc1-n1nc(-c2cccc3nn(C[C@H](C)c4ccccc4)cc23)c(C(C)C)c1C. The Balaban J connectivity index is 1.40. The third-order valence-electron chi connectivity index (χ3n) is 8.15. The van der Waals surface area contributed by atoms with Crippen molar-refractivity contribution in [3.63, 3.8) is 0 Å². The van der Waals surface area contributed by atoms with E-state index in [2.05, 4.69) is 103 Å². The van der Waals surface area contributed by atoms with Crippen LogP contribution in [0.25, 0.3) is 38.9 Å². The van der Waals surface area contributed by atoms with Gasteiger partial charge in [-0.25, -0.2) is 9.67 Å². The molecule has 1 atom stereocenters. The number of hydrogen-bond acceptors (Lipinski definition) is 5. The normalized spacial score (nSPS) is 12.6. The van der Waals surface area contributed by atoms with Crippen LogP contribution in [-0.4, -0.2) is 46.0 Å². The van der Waals surface area contributed by atoms with Gasteiger partial charge in [0.05, 0.1) is 22.6 Å². The zero-order valence-corrected chi connectivity index (χ0v) is 25.1. The van der Waals surface area contributed by atoms with Gasteiger partial charge >= 0.3 is 0 Å². The second-order valence-corrected chi connectivity index (χ2v) is 11.6. The first-order valence-corrected chi connectivity index (χ1v) is 14.9. The minimum Gasteiger partial charge on any atom is -0.396 e. The molecule has 6 aromatic rings. The molecule has 8 heteroatoms. The van der Waals surface area contributed by atoms with E-state index < -0.39 is 0 Å². The average molecular weight is 562 g/mol. The summed E-state index contributed by atoms with van der Waals surface area (Å²) in [5.41, 5.74) is 9.29. The second-order valence-electron chi connectivity index (χ2n) is 11.6. The topological polar surface area (TPSA) is 86.6 Å². The highest BCUT2D eigenvalue weighted by molar-refractivity contribution is 5.94. The van der Waals surface area contributed by atoms with Crippen molar-refractivity contribution in [3.8, 4) is 16.9 Å². The first-order chi connectivity index (χ1) is 20.3. The Morgan fingerprint density at radius 2 is 1.67 bits per heavy atom. The molecular formula is C34H39N7O. The third kappa shape index (κ3) is 5.23. The third-order valence-corrected chi connectivity index (χ3v) is 8.15. The van der Waals surface area contributed by atoms with Gasteiger partial charge in [0.15, 0.2) is 5.65 Å². The van der Waals surface area contributed by atoms with E-state index in [-0.39, 0.29) is 12.5 Å². The molecule has 0 aliphatic heterocycles. The summed E-state index contributed by atoms with van der Waals surface area (Å²) in [4.78, 5) is 4.85. The van der Waals surface area contributed by atoms with E-state index in [1.807, 2.05) is 17.8 Å². The average Bonchev–Trinajstić information content (AvgIpc) is 3.67. The van der Waals surface area contributed by atoms with E-state index in [1.54, 1.807) is 0 Å². The number of aliphatic hydroxyl groups excluding tert-OH is 1. The second kappa shape index (κ2) is 11.5. The number of hydrogen-bond donors (Lipinski definition) is 1. The summed E-state index contributed by atoms with van der Waals surface area (Å²) < 4.78 is 6.05. The molecule has 0 bridgehead atoms. The van der Waals surface area contributed by atoms with Crippen molar-refractivity contribution in [2.75, 3.05) is 6.61 Å². The van der Waals surface area contributed by atoms with Crippen LogP contribution in [0, 0.1) is 13.8 Å². The standard InChI is InChI=1S/C34H39N7O/c1-22(2)32-25(5)41(31-18-27-20-39(16-9-10-17-42)38-34(27)35-24(31)4)37-33(32)28-14-11-15-30-29(28)21-40(36-30)19-23(3)26-12-7-6-8-13-26/h6-8,11-15,18,20-23,42H,9-10,16-17,19H2,1-5H3/t23-/m0/s1. The highest BCUT2D eigenvalue weighted by atomic mass is 16.2. The molecule has 8 nitrogen and oxygen atoms in total.